The molecule has 0 fully saturated rings. The van der Waals surface area contributed by atoms with Gasteiger partial charge in [-0.15, -0.1) is 0 Å². The summed E-state index contributed by atoms with van der Waals surface area (Å²) in [6, 6.07) is 11.8. The number of hydrogen-bond acceptors (Lipinski definition) is 4. The molecule has 0 saturated carbocycles. The van der Waals surface area contributed by atoms with E-state index in [1.54, 1.807) is 31.4 Å². The Bertz CT molecular complexity index is 864. The molecule has 0 spiro atoms. The highest BCUT2D eigenvalue weighted by molar-refractivity contribution is 6.32. The molecule has 0 aliphatic carbocycles. The van der Waals surface area contributed by atoms with E-state index in [4.69, 9.17) is 16.3 Å². The molecule has 1 N–H and O–H groups in total. The number of carbonyl (C=O) groups excluding carboxylic acids is 3. The molecule has 6 nitrogen and oxygen atoms in total. The maximum atomic E-state index is 12.3. The first-order valence-electron chi connectivity index (χ1n) is 8.05. The Morgan fingerprint density at radius 2 is 1.77 bits per heavy atom. The van der Waals surface area contributed by atoms with Gasteiger partial charge in [0.25, 0.3) is 11.8 Å². The zero-order valence-electron chi connectivity index (χ0n) is 14.1. The van der Waals surface area contributed by atoms with Crippen LogP contribution in [-0.4, -0.2) is 42.8 Å². The number of amides is 3. The zero-order valence-corrected chi connectivity index (χ0v) is 14.9. The lowest BCUT2D eigenvalue weighted by molar-refractivity contribution is -0.120. The molecular formula is C19H17ClN2O4. The molecule has 26 heavy (non-hydrogen) atoms. The maximum absolute atomic E-state index is 12.3. The molecule has 1 aliphatic heterocycles. The molecular weight excluding hydrogens is 356 g/mol. The number of halogens is 1. The number of ether oxygens (including phenoxy) is 1. The third-order valence-electron chi connectivity index (χ3n) is 4.11. The van der Waals surface area contributed by atoms with Gasteiger partial charge < -0.3 is 10.1 Å². The van der Waals surface area contributed by atoms with Crippen LogP contribution in [0.3, 0.4) is 0 Å². The average Bonchev–Trinajstić information content (AvgIpc) is 2.86. The van der Waals surface area contributed by atoms with Crippen molar-refractivity contribution in [1.82, 2.24) is 10.2 Å². The van der Waals surface area contributed by atoms with Crippen molar-refractivity contribution in [2.75, 3.05) is 20.2 Å². The van der Waals surface area contributed by atoms with Gasteiger partial charge in [0.05, 0.1) is 24.7 Å². The molecule has 1 aliphatic rings. The van der Waals surface area contributed by atoms with Crippen molar-refractivity contribution in [3.8, 4) is 5.75 Å². The third-order valence-corrected chi connectivity index (χ3v) is 4.35. The van der Waals surface area contributed by atoms with Gasteiger partial charge in [0.15, 0.2) is 0 Å². The molecule has 3 amide bonds. The third kappa shape index (κ3) is 3.70. The van der Waals surface area contributed by atoms with Crippen LogP contribution in [0, 0.1) is 0 Å². The van der Waals surface area contributed by atoms with Gasteiger partial charge in [0, 0.05) is 18.1 Å². The molecule has 2 aromatic rings. The molecule has 0 unspecified atom stereocenters. The highest BCUT2D eigenvalue weighted by Crippen LogP contribution is 2.25. The Morgan fingerprint density at radius 1 is 1.08 bits per heavy atom. The van der Waals surface area contributed by atoms with E-state index >= 15 is 0 Å². The van der Waals surface area contributed by atoms with Crippen LogP contribution in [0.15, 0.2) is 42.5 Å². The van der Waals surface area contributed by atoms with Gasteiger partial charge in [-0.25, -0.2) is 0 Å². The van der Waals surface area contributed by atoms with Crippen molar-refractivity contribution in [2.45, 2.75) is 6.42 Å². The van der Waals surface area contributed by atoms with Crippen LogP contribution >= 0.6 is 11.6 Å². The van der Waals surface area contributed by atoms with Crippen LogP contribution in [-0.2, 0) is 11.2 Å². The molecule has 3 rings (SSSR count). The Kier molecular flexibility index (Phi) is 5.23. The Morgan fingerprint density at radius 3 is 2.46 bits per heavy atom. The molecule has 0 aromatic heterocycles. The van der Waals surface area contributed by atoms with Gasteiger partial charge in [-0.3, -0.25) is 19.3 Å². The first kappa shape index (κ1) is 17.9. The first-order valence-corrected chi connectivity index (χ1v) is 8.43. The Balaban J connectivity index is 1.52. The number of rotatable bonds is 6. The number of fused-ring (bicyclic) bond motifs is 1. The van der Waals surface area contributed by atoms with Crippen LogP contribution in [0.25, 0.3) is 0 Å². The molecule has 2 aromatic carbocycles. The smallest absolute Gasteiger partial charge is 0.261 e. The first-order chi connectivity index (χ1) is 12.5. The molecule has 1 heterocycles. The van der Waals surface area contributed by atoms with Gasteiger partial charge in [-0.1, -0.05) is 23.7 Å². The van der Waals surface area contributed by atoms with Crippen LogP contribution in [0.5, 0.6) is 5.75 Å². The largest absolute Gasteiger partial charge is 0.497 e. The second kappa shape index (κ2) is 7.58. The molecule has 0 atom stereocenters. The minimum atomic E-state index is -0.392. The topological polar surface area (TPSA) is 75.7 Å². The summed E-state index contributed by atoms with van der Waals surface area (Å²) >= 11 is 5.88. The summed E-state index contributed by atoms with van der Waals surface area (Å²) in [7, 11) is 1.58. The number of carbonyl (C=O) groups is 3. The van der Waals surface area contributed by atoms with E-state index in [1.165, 1.54) is 6.07 Å². The minimum Gasteiger partial charge on any atom is -0.497 e. The van der Waals surface area contributed by atoms with Crippen LogP contribution in [0.4, 0.5) is 0 Å². The second-order valence-corrected chi connectivity index (χ2v) is 6.26. The normalized spacial score (nSPS) is 12.9. The highest BCUT2D eigenvalue weighted by Gasteiger charge is 2.35. The summed E-state index contributed by atoms with van der Waals surface area (Å²) in [6.45, 7) is 0.298. The highest BCUT2D eigenvalue weighted by atomic mass is 35.5. The van der Waals surface area contributed by atoms with Crippen molar-refractivity contribution < 1.29 is 19.1 Å². The summed E-state index contributed by atoms with van der Waals surface area (Å²) in [5.74, 6) is -0.224. The Hall–Kier alpha value is -2.86. The SMILES string of the molecule is COc1ccc(CC(=O)NCCN2C(=O)c3ccc(Cl)cc3C2=O)cc1. The van der Waals surface area contributed by atoms with E-state index in [9.17, 15) is 14.4 Å². The maximum Gasteiger partial charge on any atom is 0.261 e. The lowest BCUT2D eigenvalue weighted by atomic mass is 10.1. The summed E-state index contributed by atoms with van der Waals surface area (Å²) in [6.07, 6.45) is 0.210. The molecule has 134 valence electrons. The summed E-state index contributed by atoms with van der Waals surface area (Å²) in [5.41, 5.74) is 1.48. The fourth-order valence-electron chi connectivity index (χ4n) is 2.76. The average molecular weight is 373 g/mol. The van der Waals surface area contributed by atoms with E-state index < -0.39 is 5.91 Å². The number of methoxy groups -OCH3 is 1. The summed E-state index contributed by atoms with van der Waals surface area (Å²) in [4.78, 5) is 37.7. The van der Waals surface area contributed by atoms with Gasteiger partial charge in [-0.2, -0.15) is 0 Å². The lowest BCUT2D eigenvalue weighted by Crippen LogP contribution is -2.38. The number of benzene rings is 2. The number of imide groups is 1. The van der Waals surface area contributed by atoms with Crippen LogP contribution < -0.4 is 10.1 Å². The molecule has 7 heteroatoms. The van der Waals surface area contributed by atoms with Crippen LogP contribution in [0.1, 0.15) is 26.3 Å². The van der Waals surface area contributed by atoms with Gasteiger partial charge in [0.2, 0.25) is 5.91 Å². The van der Waals surface area contributed by atoms with Crippen molar-refractivity contribution >= 4 is 29.3 Å². The van der Waals surface area contributed by atoms with Gasteiger partial charge >= 0.3 is 0 Å². The number of nitrogens with one attached hydrogen (secondary N) is 1. The van der Waals surface area contributed by atoms with E-state index in [0.717, 1.165) is 16.2 Å². The van der Waals surface area contributed by atoms with Crippen molar-refractivity contribution in [3.05, 3.63) is 64.2 Å². The predicted molar refractivity (Wildman–Crippen MR) is 96.5 cm³/mol. The quantitative estimate of drug-likeness (QED) is 0.789. The van der Waals surface area contributed by atoms with Crippen molar-refractivity contribution in [3.63, 3.8) is 0 Å². The van der Waals surface area contributed by atoms with Gasteiger partial charge in [-0.05, 0) is 35.9 Å². The summed E-state index contributed by atoms with van der Waals surface area (Å²) in [5, 5.41) is 3.13. The van der Waals surface area contributed by atoms with Crippen molar-refractivity contribution in [2.24, 2.45) is 0 Å². The fraction of sp³-hybridized carbons (Fsp3) is 0.211. The van der Waals surface area contributed by atoms with E-state index in [-0.39, 0.29) is 31.3 Å². The van der Waals surface area contributed by atoms with E-state index in [1.807, 2.05) is 12.1 Å². The number of nitrogens with zero attached hydrogens (tertiary/aromatic N) is 1. The lowest BCUT2D eigenvalue weighted by Gasteiger charge is -2.14. The Labute approximate surface area is 155 Å². The summed E-state index contributed by atoms with van der Waals surface area (Å²) < 4.78 is 5.07. The van der Waals surface area contributed by atoms with Crippen LogP contribution in [0.2, 0.25) is 5.02 Å². The molecule has 0 saturated heterocycles. The fourth-order valence-corrected chi connectivity index (χ4v) is 2.94. The number of hydrogen-bond donors (Lipinski definition) is 1. The zero-order chi connectivity index (χ0) is 18.7. The van der Waals surface area contributed by atoms with E-state index in [0.29, 0.717) is 16.1 Å². The second-order valence-electron chi connectivity index (χ2n) is 5.83. The monoisotopic (exact) mass is 372 g/mol. The minimum absolute atomic E-state index is 0.109. The van der Waals surface area contributed by atoms with Crippen molar-refractivity contribution in [1.29, 1.82) is 0 Å². The molecule has 0 radical (unpaired) electrons. The standard InChI is InChI=1S/C19H17ClN2O4/c1-26-14-5-2-12(3-6-14)10-17(23)21-8-9-22-18(24)15-7-4-13(20)11-16(15)19(22)25/h2-7,11H,8-10H2,1H3,(H,21,23). The van der Waals surface area contributed by atoms with Gasteiger partial charge in [0.1, 0.15) is 5.75 Å². The molecule has 0 bridgehead atoms. The predicted octanol–water partition coefficient (Wildman–Crippen LogP) is 2.30. The van der Waals surface area contributed by atoms with E-state index in [2.05, 4.69) is 5.32 Å².